The van der Waals surface area contributed by atoms with E-state index in [9.17, 15) is 13.2 Å². The molecule has 0 bridgehead atoms. The zero-order valence-corrected chi connectivity index (χ0v) is 12.8. The zero-order valence-electron chi connectivity index (χ0n) is 12.0. The number of sulfone groups is 1. The lowest BCUT2D eigenvalue weighted by Crippen LogP contribution is -2.33. The number of furan rings is 1. The van der Waals surface area contributed by atoms with E-state index in [1.165, 1.54) is 12.5 Å². The van der Waals surface area contributed by atoms with Gasteiger partial charge in [-0.2, -0.15) is 0 Å². The molecule has 1 amide bonds. The van der Waals surface area contributed by atoms with Crippen LogP contribution in [-0.2, 0) is 9.84 Å². The van der Waals surface area contributed by atoms with Gasteiger partial charge in [0.1, 0.15) is 6.26 Å². The van der Waals surface area contributed by atoms with E-state index in [1.807, 2.05) is 30.3 Å². The predicted octanol–water partition coefficient (Wildman–Crippen LogP) is 2.28. The molecule has 3 rings (SSSR count). The maximum Gasteiger partial charge on any atom is 0.257 e. The lowest BCUT2D eigenvalue weighted by atomic mass is 10.1. The first kappa shape index (κ1) is 14.8. The summed E-state index contributed by atoms with van der Waals surface area (Å²) in [6, 6.07) is 10.8. The standard InChI is InChI=1S/C16H17NO4S/c18-16(14-7-10-21-12-14)17-8-6-15(22(19,20)11-9-17)13-4-2-1-3-5-13/h1-5,7,10,12,15H,6,8-9,11H2. The van der Waals surface area contributed by atoms with Crippen molar-refractivity contribution in [3.8, 4) is 0 Å². The number of rotatable bonds is 2. The number of carbonyl (C=O) groups is 1. The molecule has 1 aromatic carbocycles. The van der Waals surface area contributed by atoms with Crippen LogP contribution >= 0.6 is 0 Å². The Morgan fingerprint density at radius 2 is 1.91 bits per heavy atom. The molecule has 0 saturated carbocycles. The lowest BCUT2D eigenvalue weighted by Gasteiger charge is -2.19. The van der Waals surface area contributed by atoms with Crippen molar-refractivity contribution in [1.82, 2.24) is 4.90 Å². The van der Waals surface area contributed by atoms with Gasteiger partial charge in [0.05, 0.1) is 22.8 Å². The maximum atomic E-state index is 12.5. The molecule has 1 aliphatic rings. The van der Waals surface area contributed by atoms with E-state index in [0.29, 0.717) is 18.5 Å². The van der Waals surface area contributed by atoms with Gasteiger partial charge in [-0.3, -0.25) is 4.79 Å². The number of nitrogens with zero attached hydrogens (tertiary/aromatic N) is 1. The average molecular weight is 319 g/mol. The summed E-state index contributed by atoms with van der Waals surface area (Å²) in [5, 5.41) is -0.546. The first-order chi connectivity index (χ1) is 10.6. The molecule has 0 aliphatic carbocycles. The summed E-state index contributed by atoms with van der Waals surface area (Å²) in [5.41, 5.74) is 1.25. The van der Waals surface area contributed by atoms with E-state index in [1.54, 1.807) is 11.0 Å². The van der Waals surface area contributed by atoms with E-state index in [-0.39, 0.29) is 18.2 Å². The highest BCUT2D eigenvalue weighted by Crippen LogP contribution is 2.29. The first-order valence-corrected chi connectivity index (χ1v) is 8.87. The normalized spacial score (nSPS) is 21.3. The second-order valence-electron chi connectivity index (χ2n) is 5.36. The van der Waals surface area contributed by atoms with E-state index in [0.717, 1.165) is 5.56 Å². The van der Waals surface area contributed by atoms with Gasteiger partial charge in [0.15, 0.2) is 9.84 Å². The molecule has 1 unspecified atom stereocenters. The second kappa shape index (κ2) is 5.96. The predicted molar refractivity (Wildman–Crippen MR) is 82.2 cm³/mol. The van der Waals surface area contributed by atoms with Crippen LogP contribution in [0.5, 0.6) is 0 Å². The Labute approximate surface area is 129 Å². The highest BCUT2D eigenvalue weighted by Gasteiger charge is 2.32. The second-order valence-corrected chi connectivity index (χ2v) is 7.66. The Hall–Kier alpha value is -2.08. The Bertz CT molecular complexity index is 738. The molecule has 0 radical (unpaired) electrons. The van der Waals surface area contributed by atoms with Crippen LogP contribution in [-0.4, -0.2) is 38.1 Å². The molecule has 2 aromatic rings. The summed E-state index contributed by atoms with van der Waals surface area (Å²) >= 11 is 0. The summed E-state index contributed by atoms with van der Waals surface area (Å²) in [6.07, 6.45) is 3.24. The number of amides is 1. The van der Waals surface area contributed by atoms with Gasteiger partial charge in [0.2, 0.25) is 0 Å². The maximum absolute atomic E-state index is 12.5. The Morgan fingerprint density at radius 1 is 1.14 bits per heavy atom. The van der Waals surface area contributed by atoms with Gasteiger partial charge in [-0.1, -0.05) is 30.3 Å². The summed E-state index contributed by atoms with van der Waals surface area (Å²) in [4.78, 5) is 13.9. The number of hydrogen-bond donors (Lipinski definition) is 0. The van der Waals surface area contributed by atoms with Crippen LogP contribution < -0.4 is 0 Å². The molecular formula is C16H17NO4S. The van der Waals surface area contributed by atoms with Crippen LogP contribution in [0.25, 0.3) is 0 Å². The van der Waals surface area contributed by atoms with Crippen molar-refractivity contribution < 1.29 is 17.6 Å². The molecule has 116 valence electrons. The van der Waals surface area contributed by atoms with Gasteiger partial charge < -0.3 is 9.32 Å². The third kappa shape index (κ3) is 2.92. The van der Waals surface area contributed by atoms with Crippen LogP contribution in [0.15, 0.2) is 53.3 Å². The molecular weight excluding hydrogens is 302 g/mol. The largest absolute Gasteiger partial charge is 0.472 e. The van der Waals surface area contributed by atoms with E-state index in [4.69, 9.17) is 4.42 Å². The topological polar surface area (TPSA) is 67.6 Å². The number of benzene rings is 1. The highest BCUT2D eigenvalue weighted by molar-refractivity contribution is 7.91. The summed E-state index contributed by atoms with van der Waals surface area (Å²) in [7, 11) is -3.27. The van der Waals surface area contributed by atoms with E-state index in [2.05, 4.69) is 0 Å². The molecule has 0 N–H and O–H groups in total. The highest BCUT2D eigenvalue weighted by atomic mass is 32.2. The minimum Gasteiger partial charge on any atom is -0.472 e. The van der Waals surface area contributed by atoms with E-state index < -0.39 is 15.1 Å². The van der Waals surface area contributed by atoms with Crippen molar-refractivity contribution in [3.05, 3.63) is 60.1 Å². The molecule has 5 nitrogen and oxygen atoms in total. The van der Waals surface area contributed by atoms with Gasteiger partial charge >= 0.3 is 0 Å². The Morgan fingerprint density at radius 3 is 2.59 bits per heavy atom. The van der Waals surface area contributed by atoms with E-state index >= 15 is 0 Å². The molecule has 1 saturated heterocycles. The quantitative estimate of drug-likeness (QED) is 0.851. The summed E-state index contributed by atoms with van der Waals surface area (Å²) < 4.78 is 29.9. The first-order valence-electron chi connectivity index (χ1n) is 7.16. The minimum absolute atomic E-state index is 0.0177. The van der Waals surface area contributed by atoms with Gasteiger partial charge in [-0.15, -0.1) is 0 Å². The fourth-order valence-corrected chi connectivity index (χ4v) is 4.55. The summed E-state index contributed by atoms with van der Waals surface area (Å²) in [6.45, 7) is 0.637. The van der Waals surface area contributed by atoms with Crippen molar-refractivity contribution in [2.45, 2.75) is 11.7 Å². The van der Waals surface area contributed by atoms with Crippen molar-refractivity contribution in [3.63, 3.8) is 0 Å². The van der Waals surface area contributed by atoms with Crippen LogP contribution in [0.2, 0.25) is 0 Å². The van der Waals surface area contributed by atoms with Gasteiger partial charge in [0.25, 0.3) is 5.91 Å². The molecule has 0 spiro atoms. The lowest BCUT2D eigenvalue weighted by molar-refractivity contribution is 0.0766. The molecule has 1 aliphatic heterocycles. The number of hydrogen-bond acceptors (Lipinski definition) is 4. The third-order valence-electron chi connectivity index (χ3n) is 3.97. The Balaban J connectivity index is 1.82. The average Bonchev–Trinajstić information content (AvgIpc) is 3.00. The van der Waals surface area contributed by atoms with Crippen molar-refractivity contribution in [2.24, 2.45) is 0 Å². The molecule has 1 fully saturated rings. The minimum atomic E-state index is -3.27. The SMILES string of the molecule is O=C(c1ccoc1)N1CCC(c2ccccc2)S(=O)(=O)CC1. The fraction of sp³-hybridized carbons (Fsp3) is 0.312. The molecule has 22 heavy (non-hydrogen) atoms. The molecule has 2 heterocycles. The zero-order chi connectivity index (χ0) is 15.6. The third-order valence-corrected chi connectivity index (χ3v) is 6.09. The van der Waals surface area contributed by atoms with Crippen LogP contribution in [0.3, 0.4) is 0 Å². The van der Waals surface area contributed by atoms with Gasteiger partial charge in [0, 0.05) is 13.1 Å². The van der Waals surface area contributed by atoms with Crippen molar-refractivity contribution in [1.29, 1.82) is 0 Å². The fourth-order valence-electron chi connectivity index (χ4n) is 2.76. The molecule has 1 atom stereocenters. The van der Waals surface area contributed by atoms with Crippen LogP contribution in [0, 0.1) is 0 Å². The van der Waals surface area contributed by atoms with Crippen molar-refractivity contribution in [2.75, 3.05) is 18.8 Å². The smallest absolute Gasteiger partial charge is 0.257 e. The molecule has 6 heteroatoms. The van der Waals surface area contributed by atoms with Crippen LogP contribution in [0.1, 0.15) is 27.6 Å². The van der Waals surface area contributed by atoms with Gasteiger partial charge in [-0.25, -0.2) is 8.42 Å². The number of carbonyl (C=O) groups excluding carboxylic acids is 1. The van der Waals surface area contributed by atoms with Crippen LogP contribution in [0.4, 0.5) is 0 Å². The van der Waals surface area contributed by atoms with Gasteiger partial charge in [-0.05, 0) is 18.1 Å². The molecule has 1 aromatic heterocycles. The summed E-state index contributed by atoms with van der Waals surface area (Å²) in [5.74, 6) is -0.200. The monoisotopic (exact) mass is 319 g/mol. The van der Waals surface area contributed by atoms with Crippen molar-refractivity contribution >= 4 is 15.7 Å². The Kier molecular flexibility index (Phi) is 4.02.